The molecular formula is C19H39N5O6. The number of carboxylic acid groups (broad SMARTS) is 1. The number of aliphatic hydroxyl groups is 2. The van der Waals surface area contributed by atoms with Gasteiger partial charge in [0.2, 0.25) is 11.8 Å². The van der Waals surface area contributed by atoms with E-state index >= 15 is 0 Å². The molecule has 0 bridgehead atoms. The second-order valence-electron chi connectivity index (χ2n) is 9.33. The molecule has 176 valence electrons. The van der Waals surface area contributed by atoms with Gasteiger partial charge < -0.3 is 42.3 Å². The van der Waals surface area contributed by atoms with E-state index in [2.05, 4.69) is 21.3 Å². The molecule has 3 atom stereocenters. The Bertz CT molecular complexity index is 571. The molecular weight excluding hydrogens is 394 g/mol. The van der Waals surface area contributed by atoms with Crippen LogP contribution in [0.3, 0.4) is 0 Å². The average molecular weight is 434 g/mol. The number of amides is 2. The molecule has 0 aliphatic carbocycles. The summed E-state index contributed by atoms with van der Waals surface area (Å²) in [5, 5.41) is 38.6. The van der Waals surface area contributed by atoms with Crippen LogP contribution in [-0.2, 0) is 14.4 Å². The van der Waals surface area contributed by atoms with Gasteiger partial charge in [-0.2, -0.15) is 0 Å². The predicted molar refractivity (Wildman–Crippen MR) is 112 cm³/mol. The topological polar surface area (TPSA) is 186 Å². The maximum Gasteiger partial charge on any atom is 0.328 e. The SMILES string of the molecule is CC(C)(C)N[C@@H](CN)C(=O)NCC(NC(=O)[C@H](CCC(O)O)NC(C)(C)C)C(=O)O. The molecule has 0 aliphatic rings. The van der Waals surface area contributed by atoms with E-state index in [1.165, 1.54) is 0 Å². The Morgan fingerprint density at radius 3 is 1.73 bits per heavy atom. The van der Waals surface area contributed by atoms with Crippen molar-refractivity contribution in [3.63, 3.8) is 0 Å². The summed E-state index contributed by atoms with van der Waals surface area (Å²) in [6.07, 6.45) is -1.56. The van der Waals surface area contributed by atoms with Crippen molar-refractivity contribution in [1.29, 1.82) is 0 Å². The highest BCUT2D eigenvalue weighted by Crippen LogP contribution is 2.08. The van der Waals surface area contributed by atoms with Crippen LogP contribution in [0.2, 0.25) is 0 Å². The van der Waals surface area contributed by atoms with Gasteiger partial charge in [-0.05, 0) is 54.4 Å². The second-order valence-corrected chi connectivity index (χ2v) is 9.33. The molecule has 2 amide bonds. The summed E-state index contributed by atoms with van der Waals surface area (Å²) in [6.45, 7) is 10.8. The third-order valence-electron chi connectivity index (χ3n) is 3.89. The molecule has 1 unspecified atom stereocenters. The largest absolute Gasteiger partial charge is 0.480 e. The Labute approximate surface area is 178 Å². The lowest BCUT2D eigenvalue weighted by atomic mass is 10.0. The maximum atomic E-state index is 12.6. The standard InChI is InChI=1S/C19H39N5O6/c1-18(2,3)23-11(7-8-14(25)26)16(28)22-13(17(29)30)10-21-15(27)12(9-20)24-19(4,5)6/h11-14,23-26H,7-10,20H2,1-6H3,(H,21,27)(H,22,28)(H,29,30)/t11-,12-,13?/m0/s1. The minimum Gasteiger partial charge on any atom is -0.480 e. The zero-order chi connectivity index (χ0) is 23.7. The zero-order valence-corrected chi connectivity index (χ0v) is 18.8. The molecule has 0 aromatic rings. The molecule has 11 nitrogen and oxygen atoms in total. The highest BCUT2D eigenvalue weighted by Gasteiger charge is 2.29. The zero-order valence-electron chi connectivity index (χ0n) is 18.8. The lowest BCUT2D eigenvalue weighted by molar-refractivity contribution is -0.142. The fourth-order valence-corrected chi connectivity index (χ4v) is 2.66. The number of carbonyl (C=O) groups excluding carboxylic acids is 2. The van der Waals surface area contributed by atoms with Crippen LogP contribution in [0.25, 0.3) is 0 Å². The van der Waals surface area contributed by atoms with Crippen molar-refractivity contribution in [3.8, 4) is 0 Å². The van der Waals surface area contributed by atoms with Gasteiger partial charge in [-0.15, -0.1) is 0 Å². The van der Waals surface area contributed by atoms with Crippen LogP contribution in [0, 0.1) is 0 Å². The van der Waals surface area contributed by atoms with Gasteiger partial charge in [0.1, 0.15) is 6.04 Å². The number of carbonyl (C=O) groups is 3. The van der Waals surface area contributed by atoms with E-state index in [1.54, 1.807) is 0 Å². The first-order valence-corrected chi connectivity index (χ1v) is 9.98. The summed E-state index contributed by atoms with van der Waals surface area (Å²) < 4.78 is 0. The molecule has 0 saturated heterocycles. The Balaban J connectivity index is 5.08. The van der Waals surface area contributed by atoms with Crippen molar-refractivity contribution < 1.29 is 29.7 Å². The average Bonchev–Trinajstić information content (AvgIpc) is 2.57. The fraction of sp³-hybridized carbons (Fsp3) is 0.842. The van der Waals surface area contributed by atoms with Crippen LogP contribution in [0.15, 0.2) is 0 Å². The van der Waals surface area contributed by atoms with Crippen molar-refractivity contribution >= 4 is 17.8 Å². The molecule has 9 N–H and O–H groups in total. The van der Waals surface area contributed by atoms with Crippen LogP contribution in [0.4, 0.5) is 0 Å². The van der Waals surface area contributed by atoms with E-state index in [0.29, 0.717) is 0 Å². The summed E-state index contributed by atoms with van der Waals surface area (Å²) >= 11 is 0. The summed E-state index contributed by atoms with van der Waals surface area (Å²) in [5.74, 6) is -2.40. The number of nitrogens with one attached hydrogen (secondary N) is 4. The number of aliphatic carboxylic acids is 1. The Morgan fingerprint density at radius 1 is 0.833 bits per heavy atom. The van der Waals surface area contributed by atoms with Gasteiger partial charge >= 0.3 is 5.97 Å². The number of rotatable bonds is 12. The molecule has 0 aromatic heterocycles. The van der Waals surface area contributed by atoms with Crippen LogP contribution >= 0.6 is 0 Å². The van der Waals surface area contributed by atoms with E-state index in [9.17, 15) is 19.5 Å². The summed E-state index contributed by atoms with van der Waals surface area (Å²) in [4.78, 5) is 36.5. The van der Waals surface area contributed by atoms with Crippen molar-refractivity contribution in [2.45, 2.75) is 89.9 Å². The second kappa shape index (κ2) is 12.2. The molecule has 0 radical (unpaired) electrons. The van der Waals surface area contributed by atoms with Crippen molar-refractivity contribution in [2.75, 3.05) is 13.1 Å². The minimum absolute atomic E-state index is 0.0221. The summed E-state index contributed by atoms with van der Waals surface area (Å²) in [5.41, 5.74) is 4.79. The number of nitrogens with two attached hydrogens (primary N) is 1. The number of aliphatic hydroxyl groups excluding tert-OH is 1. The lowest BCUT2D eigenvalue weighted by Gasteiger charge is -2.29. The molecule has 0 aliphatic heterocycles. The molecule has 0 fully saturated rings. The number of hydrogen-bond acceptors (Lipinski definition) is 8. The first kappa shape index (κ1) is 28.2. The third kappa shape index (κ3) is 12.7. The van der Waals surface area contributed by atoms with Crippen LogP contribution in [0.1, 0.15) is 54.4 Å². The van der Waals surface area contributed by atoms with Crippen LogP contribution < -0.4 is 27.0 Å². The van der Waals surface area contributed by atoms with Crippen molar-refractivity contribution in [2.24, 2.45) is 5.73 Å². The van der Waals surface area contributed by atoms with Gasteiger partial charge in [-0.3, -0.25) is 9.59 Å². The molecule has 0 aromatic carbocycles. The lowest BCUT2D eigenvalue weighted by Crippen LogP contribution is -2.59. The minimum atomic E-state index is -1.58. The predicted octanol–water partition coefficient (Wildman–Crippen LogP) is -1.76. The molecule has 11 heteroatoms. The maximum absolute atomic E-state index is 12.6. The van der Waals surface area contributed by atoms with E-state index in [1.807, 2.05) is 41.5 Å². The van der Waals surface area contributed by atoms with Crippen LogP contribution in [0.5, 0.6) is 0 Å². The van der Waals surface area contributed by atoms with Gasteiger partial charge in [0.15, 0.2) is 6.29 Å². The van der Waals surface area contributed by atoms with E-state index < -0.39 is 47.7 Å². The number of carboxylic acids is 1. The Kier molecular flexibility index (Phi) is 11.4. The van der Waals surface area contributed by atoms with Crippen molar-refractivity contribution in [1.82, 2.24) is 21.3 Å². The summed E-state index contributed by atoms with van der Waals surface area (Å²) in [7, 11) is 0. The van der Waals surface area contributed by atoms with Gasteiger partial charge in [-0.25, -0.2) is 4.79 Å². The number of hydrogen-bond donors (Lipinski definition) is 8. The highest BCUT2D eigenvalue weighted by atomic mass is 16.5. The smallest absolute Gasteiger partial charge is 0.328 e. The third-order valence-corrected chi connectivity index (χ3v) is 3.89. The first-order chi connectivity index (χ1) is 13.6. The fourth-order valence-electron chi connectivity index (χ4n) is 2.66. The Hall–Kier alpha value is -1.79. The molecule has 0 rings (SSSR count). The van der Waals surface area contributed by atoms with Gasteiger partial charge in [0, 0.05) is 24.2 Å². The van der Waals surface area contributed by atoms with Crippen molar-refractivity contribution in [3.05, 3.63) is 0 Å². The van der Waals surface area contributed by atoms with E-state index in [0.717, 1.165) is 0 Å². The highest BCUT2D eigenvalue weighted by molar-refractivity contribution is 5.88. The molecule has 0 heterocycles. The summed E-state index contributed by atoms with van der Waals surface area (Å²) in [6, 6.07) is -2.92. The van der Waals surface area contributed by atoms with Gasteiger partial charge in [-0.1, -0.05) is 0 Å². The monoisotopic (exact) mass is 433 g/mol. The van der Waals surface area contributed by atoms with Crippen LogP contribution in [-0.4, -0.2) is 81.7 Å². The quantitative estimate of drug-likeness (QED) is 0.165. The van der Waals surface area contributed by atoms with E-state index in [4.69, 9.17) is 15.9 Å². The van der Waals surface area contributed by atoms with Gasteiger partial charge in [0.05, 0.1) is 12.1 Å². The van der Waals surface area contributed by atoms with E-state index in [-0.39, 0.29) is 31.5 Å². The molecule has 30 heavy (non-hydrogen) atoms. The normalized spacial score (nSPS) is 15.4. The first-order valence-electron chi connectivity index (χ1n) is 9.98. The molecule has 0 saturated carbocycles. The Morgan fingerprint density at radius 2 is 1.33 bits per heavy atom. The van der Waals surface area contributed by atoms with Gasteiger partial charge in [0.25, 0.3) is 0 Å². The molecule has 0 spiro atoms.